The molecule has 0 radical (unpaired) electrons. The molecular formula is C20H19FN4O. The average Bonchev–Trinajstić information content (AvgIpc) is 3.32. The van der Waals surface area contributed by atoms with Gasteiger partial charge in [0.05, 0.1) is 22.7 Å². The van der Waals surface area contributed by atoms with Crippen LogP contribution in [0.1, 0.15) is 12.0 Å². The van der Waals surface area contributed by atoms with E-state index in [2.05, 4.69) is 20.9 Å². The Kier molecular flexibility index (Phi) is 4.55. The highest BCUT2D eigenvalue weighted by molar-refractivity contribution is 5.84. The van der Waals surface area contributed by atoms with Gasteiger partial charge in [-0.1, -0.05) is 12.1 Å². The molecule has 3 aromatic rings. The molecule has 0 saturated carbocycles. The van der Waals surface area contributed by atoms with Gasteiger partial charge >= 0.3 is 0 Å². The number of hydrogen-bond donors (Lipinski definition) is 1. The number of pyridine rings is 1. The molecule has 1 fully saturated rings. The van der Waals surface area contributed by atoms with Crippen LogP contribution in [0.3, 0.4) is 0 Å². The number of aromatic nitrogens is 2. The van der Waals surface area contributed by atoms with Gasteiger partial charge in [-0.25, -0.2) is 9.37 Å². The number of alkyl halides is 1. The second-order valence-corrected chi connectivity index (χ2v) is 6.51. The van der Waals surface area contributed by atoms with Crippen molar-refractivity contribution in [3.05, 3.63) is 48.2 Å². The Balaban J connectivity index is 1.77. The molecule has 2 aromatic heterocycles. The Bertz CT molecular complexity index is 952. The topological polar surface area (TPSA) is 62.9 Å². The molecule has 0 spiro atoms. The fourth-order valence-corrected chi connectivity index (χ4v) is 3.49. The molecule has 4 rings (SSSR count). The third-order valence-corrected chi connectivity index (χ3v) is 4.85. The maximum atomic E-state index is 12.9. The number of nitrogens with zero attached hydrogens (tertiary/aromatic N) is 3. The average molecular weight is 350 g/mol. The first-order valence-electron chi connectivity index (χ1n) is 8.68. The van der Waals surface area contributed by atoms with Crippen molar-refractivity contribution in [1.29, 1.82) is 5.26 Å². The van der Waals surface area contributed by atoms with Crippen molar-refractivity contribution in [1.82, 2.24) is 14.9 Å². The summed E-state index contributed by atoms with van der Waals surface area (Å²) in [5.74, 6) is 0.871. The number of rotatable bonds is 5. The molecule has 6 heteroatoms. The predicted octanol–water partition coefficient (Wildman–Crippen LogP) is 3.49. The van der Waals surface area contributed by atoms with Crippen LogP contribution < -0.4 is 10.1 Å². The number of benzene rings is 1. The first kappa shape index (κ1) is 16.6. The maximum Gasteiger partial charge on any atom is 0.230 e. The predicted molar refractivity (Wildman–Crippen MR) is 97.5 cm³/mol. The van der Waals surface area contributed by atoms with Crippen molar-refractivity contribution in [2.24, 2.45) is 5.92 Å². The lowest BCUT2D eigenvalue weighted by atomic mass is 10.0. The summed E-state index contributed by atoms with van der Waals surface area (Å²) in [7, 11) is 0. The van der Waals surface area contributed by atoms with Gasteiger partial charge < -0.3 is 14.6 Å². The van der Waals surface area contributed by atoms with Crippen LogP contribution in [0.5, 0.6) is 5.88 Å². The van der Waals surface area contributed by atoms with Gasteiger partial charge in [0.15, 0.2) is 0 Å². The molecular weight excluding hydrogens is 331 g/mol. The van der Waals surface area contributed by atoms with Gasteiger partial charge in [-0.2, -0.15) is 5.26 Å². The molecule has 1 atom stereocenters. The molecule has 1 unspecified atom stereocenters. The monoisotopic (exact) mass is 350 g/mol. The molecule has 0 amide bonds. The smallest absolute Gasteiger partial charge is 0.230 e. The van der Waals surface area contributed by atoms with E-state index in [1.807, 2.05) is 30.5 Å². The number of hydrogen-bond acceptors (Lipinski definition) is 4. The van der Waals surface area contributed by atoms with E-state index in [4.69, 9.17) is 10.00 Å². The van der Waals surface area contributed by atoms with Crippen LogP contribution in [0.25, 0.3) is 22.2 Å². The molecule has 1 saturated heterocycles. The number of fused-ring (bicyclic) bond motifs is 1. The van der Waals surface area contributed by atoms with Crippen molar-refractivity contribution in [2.75, 3.05) is 20.0 Å². The summed E-state index contributed by atoms with van der Waals surface area (Å²) >= 11 is 0. The van der Waals surface area contributed by atoms with Crippen LogP contribution in [-0.4, -0.2) is 29.5 Å². The van der Waals surface area contributed by atoms with Gasteiger partial charge in [-0.15, -0.1) is 0 Å². The molecule has 132 valence electrons. The zero-order valence-corrected chi connectivity index (χ0v) is 14.3. The van der Waals surface area contributed by atoms with E-state index in [0.717, 1.165) is 41.8 Å². The molecule has 5 nitrogen and oxygen atoms in total. The summed E-state index contributed by atoms with van der Waals surface area (Å²) in [4.78, 5) is 4.52. The zero-order valence-electron chi connectivity index (χ0n) is 14.3. The largest absolute Gasteiger partial charge is 0.445 e. The molecule has 0 aliphatic carbocycles. The van der Waals surface area contributed by atoms with Crippen LogP contribution in [0.15, 0.2) is 42.6 Å². The number of halogens is 1. The summed E-state index contributed by atoms with van der Waals surface area (Å²) in [6.07, 6.45) is 3.19. The Morgan fingerprint density at radius 2 is 2.15 bits per heavy atom. The molecule has 1 aliphatic heterocycles. The second-order valence-electron chi connectivity index (χ2n) is 6.51. The lowest BCUT2D eigenvalue weighted by Crippen LogP contribution is -2.14. The van der Waals surface area contributed by atoms with Crippen LogP contribution in [0.4, 0.5) is 4.39 Å². The Labute approximate surface area is 151 Å². The second kappa shape index (κ2) is 7.14. The number of nitrogens with one attached hydrogen (secondary N) is 1. The van der Waals surface area contributed by atoms with Gasteiger partial charge in [-0.3, -0.25) is 0 Å². The lowest BCUT2D eigenvalue weighted by molar-refractivity contribution is 0.186. The summed E-state index contributed by atoms with van der Waals surface area (Å²) in [5.41, 5.74) is 3.94. The normalized spacial score (nSPS) is 16.7. The molecule has 1 aliphatic rings. The van der Waals surface area contributed by atoms with Crippen LogP contribution >= 0.6 is 0 Å². The Morgan fingerprint density at radius 1 is 1.31 bits per heavy atom. The van der Waals surface area contributed by atoms with E-state index >= 15 is 0 Å². The van der Waals surface area contributed by atoms with E-state index in [0.29, 0.717) is 11.5 Å². The standard InChI is InChI=1S/C20H19FN4O/c21-13-26-20-17(16-3-1-14(10-22)2-4-16)9-19-18(24-20)6-8-25(19)12-15-5-7-23-11-15/h1-4,6,8-9,15,23H,5,7,11-13H2. The Morgan fingerprint density at radius 3 is 2.85 bits per heavy atom. The van der Waals surface area contributed by atoms with Crippen molar-refractivity contribution >= 4 is 11.0 Å². The highest BCUT2D eigenvalue weighted by Gasteiger charge is 2.18. The van der Waals surface area contributed by atoms with Gasteiger partial charge in [0.1, 0.15) is 0 Å². The third-order valence-electron chi connectivity index (χ3n) is 4.85. The highest BCUT2D eigenvalue weighted by atomic mass is 19.1. The molecule has 0 bridgehead atoms. The molecule has 1 N–H and O–H groups in total. The van der Waals surface area contributed by atoms with E-state index < -0.39 is 6.86 Å². The van der Waals surface area contributed by atoms with Crippen molar-refractivity contribution in [3.8, 4) is 23.1 Å². The summed E-state index contributed by atoms with van der Waals surface area (Å²) in [6.45, 7) is 2.08. The fourth-order valence-electron chi connectivity index (χ4n) is 3.49. The SMILES string of the molecule is N#Cc1ccc(-c2cc3c(ccn3CC3CCNC3)nc2OCF)cc1. The van der Waals surface area contributed by atoms with E-state index in [1.165, 1.54) is 6.42 Å². The third kappa shape index (κ3) is 3.14. The molecule has 3 heterocycles. The van der Waals surface area contributed by atoms with E-state index in [9.17, 15) is 4.39 Å². The number of nitriles is 1. The zero-order chi connectivity index (χ0) is 17.9. The van der Waals surface area contributed by atoms with Crippen LogP contribution in [0.2, 0.25) is 0 Å². The number of ether oxygens (including phenoxy) is 1. The van der Waals surface area contributed by atoms with Crippen molar-refractivity contribution < 1.29 is 9.13 Å². The highest BCUT2D eigenvalue weighted by Crippen LogP contribution is 2.33. The van der Waals surface area contributed by atoms with E-state index in [1.54, 1.807) is 12.1 Å². The minimum Gasteiger partial charge on any atom is -0.445 e. The van der Waals surface area contributed by atoms with Crippen LogP contribution in [-0.2, 0) is 6.54 Å². The van der Waals surface area contributed by atoms with Crippen LogP contribution in [0, 0.1) is 17.2 Å². The minimum atomic E-state index is -0.934. The molecule has 26 heavy (non-hydrogen) atoms. The first-order valence-corrected chi connectivity index (χ1v) is 8.68. The van der Waals surface area contributed by atoms with Crippen molar-refractivity contribution in [2.45, 2.75) is 13.0 Å². The summed E-state index contributed by atoms with van der Waals surface area (Å²) < 4.78 is 20.2. The first-order chi connectivity index (χ1) is 12.8. The van der Waals surface area contributed by atoms with Gasteiger partial charge in [0.25, 0.3) is 0 Å². The minimum absolute atomic E-state index is 0.269. The van der Waals surface area contributed by atoms with E-state index in [-0.39, 0.29) is 5.88 Å². The lowest BCUT2D eigenvalue weighted by Gasteiger charge is -2.13. The summed E-state index contributed by atoms with van der Waals surface area (Å²) in [6, 6.07) is 13.2. The summed E-state index contributed by atoms with van der Waals surface area (Å²) in [5, 5.41) is 12.4. The Hall–Kier alpha value is -2.91. The van der Waals surface area contributed by atoms with Gasteiger partial charge in [-0.05, 0) is 55.3 Å². The maximum absolute atomic E-state index is 12.9. The molecule has 1 aromatic carbocycles. The van der Waals surface area contributed by atoms with Crippen molar-refractivity contribution in [3.63, 3.8) is 0 Å². The van der Waals surface area contributed by atoms with Gasteiger partial charge in [0.2, 0.25) is 12.7 Å². The quantitative estimate of drug-likeness (QED) is 0.765. The fraction of sp³-hybridized carbons (Fsp3) is 0.300. The van der Waals surface area contributed by atoms with Gasteiger partial charge in [0, 0.05) is 18.3 Å².